The zero-order valence-corrected chi connectivity index (χ0v) is 34.6. The average molecular weight is 775 g/mol. The molecule has 6 aromatic rings. The molecule has 0 unspecified atom stereocenters. The minimum atomic E-state index is 0. The van der Waals surface area contributed by atoms with Crippen LogP contribution >= 0.6 is 0 Å². The van der Waals surface area contributed by atoms with Gasteiger partial charge in [-0.2, -0.15) is 52.1 Å². The molecule has 1 aliphatic carbocycles. The quantitative estimate of drug-likeness (QED) is 0.189. The van der Waals surface area contributed by atoms with Crippen molar-refractivity contribution >= 4 is 3.21 Å². The van der Waals surface area contributed by atoms with Crippen LogP contribution in [0.1, 0.15) is 86.1 Å². The molecule has 0 spiro atoms. The van der Waals surface area contributed by atoms with E-state index in [1.807, 2.05) is 0 Å². The van der Waals surface area contributed by atoms with E-state index >= 15 is 0 Å². The zero-order chi connectivity index (χ0) is 34.5. The zero-order valence-electron chi connectivity index (χ0n) is 30.7. The van der Waals surface area contributed by atoms with Gasteiger partial charge in [-0.25, -0.2) is 6.07 Å². The topological polar surface area (TPSA) is 0 Å². The second-order valence-corrected chi connectivity index (χ2v) is 16.2. The van der Waals surface area contributed by atoms with E-state index < -0.39 is 0 Å². The molecule has 0 amide bonds. The van der Waals surface area contributed by atoms with Gasteiger partial charge in [0.25, 0.3) is 0 Å². The van der Waals surface area contributed by atoms with Crippen LogP contribution in [-0.4, -0.2) is 3.21 Å². The van der Waals surface area contributed by atoms with E-state index in [0.29, 0.717) is 0 Å². The van der Waals surface area contributed by atoms with Gasteiger partial charge in [0.15, 0.2) is 0 Å². The van der Waals surface area contributed by atoms with Crippen molar-refractivity contribution in [2.24, 2.45) is 0 Å². The molecular formula is C47H48Cl2Zr-2. The molecule has 0 saturated carbocycles. The number of fused-ring (bicyclic) bond motifs is 3. The van der Waals surface area contributed by atoms with Crippen molar-refractivity contribution < 1.29 is 49.0 Å². The second kappa shape index (κ2) is 17.8. The Bertz CT molecular complexity index is 1870. The van der Waals surface area contributed by atoms with E-state index in [1.54, 1.807) is 0 Å². The van der Waals surface area contributed by atoms with Crippen LogP contribution in [0.25, 0.3) is 22.3 Å². The molecule has 0 atom stereocenters. The van der Waals surface area contributed by atoms with Crippen molar-refractivity contribution in [3.8, 4) is 22.3 Å². The third-order valence-electron chi connectivity index (χ3n) is 8.98. The van der Waals surface area contributed by atoms with Crippen molar-refractivity contribution in [2.45, 2.75) is 72.6 Å². The summed E-state index contributed by atoms with van der Waals surface area (Å²) in [6.07, 6.45) is 1.03. The molecule has 0 aromatic heterocycles. The summed E-state index contributed by atoms with van der Waals surface area (Å²) in [7, 11) is 0. The van der Waals surface area contributed by atoms with Crippen LogP contribution in [0.5, 0.6) is 0 Å². The van der Waals surface area contributed by atoms with Crippen LogP contribution in [-0.2, 0) is 41.5 Å². The Morgan fingerprint density at radius 2 is 1.10 bits per heavy atom. The maximum absolute atomic E-state index is 3.53. The Morgan fingerprint density at radius 3 is 1.58 bits per heavy atom. The molecule has 7 rings (SSSR count). The molecule has 3 heteroatoms. The van der Waals surface area contributed by atoms with Crippen molar-refractivity contribution in [1.82, 2.24) is 0 Å². The summed E-state index contributed by atoms with van der Waals surface area (Å²) in [5.41, 5.74) is 16.8. The molecule has 0 heterocycles. The van der Waals surface area contributed by atoms with Crippen LogP contribution in [0.3, 0.4) is 0 Å². The van der Waals surface area contributed by atoms with Crippen LogP contribution in [0, 0.1) is 19.9 Å². The van der Waals surface area contributed by atoms with Gasteiger partial charge in [-0.05, 0) is 17.4 Å². The second-order valence-electron chi connectivity index (χ2n) is 14.9. The van der Waals surface area contributed by atoms with Gasteiger partial charge in [0.1, 0.15) is 0 Å². The molecule has 0 nitrogen and oxygen atoms in total. The first-order chi connectivity index (χ1) is 22.8. The fourth-order valence-electron chi connectivity index (χ4n) is 6.09. The number of benzene rings is 5. The summed E-state index contributed by atoms with van der Waals surface area (Å²) in [6.45, 7) is 17.9. The Labute approximate surface area is 328 Å². The molecule has 0 aliphatic heterocycles. The number of aryl methyl sites for hydroxylation is 2. The van der Waals surface area contributed by atoms with Gasteiger partial charge in [0.05, 0.1) is 0 Å². The average Bonchev–Trinajstić information content (AvgIpc) is 3.63. The molecule has 0 N–H and O–H groups in total. The molecule has 256 valence electrons. The number of hydrogen-bond acceptors (Lipinski definition) is 0. The fourth-order valence-corrected chi connectivity index (χ4v) is 6.91. The van der Waals surface area contributed by atoms with Crippen molar-refractivity contribution in [1.29, 1.82) is 0 Å². The standard InChI is InChI=1S/C21H25.C13H13.C13H10.2ClH.Zr/c1-20(2,3)16-9-7-14-11-15-8-10-17(21(4,5)6)13-19(15)18(14)12-16;1-10-8-11(2)13(9-10)12-6-4-3-5-7-12;1-3-7-12(8-4-1)11-13-9-5-2-6-10-13;;;/h7,9-10,12-13H,11H2,1-6H3;3-9H,1-2H3;1-10H;2*1H;/q2*-1;;;;+2/p-2. The van der Waals surface area contributed by atoms with Crippen LogP contribution in [0.15, 0.2) is 133 Å². The normalized spacial score (nSPS) is 11.3. The Balaban J connectivity index is 0.000000206. The van der Waals surface area contributed by atoms with E-state index in [2.05, 4.69) is 195 Å². The molecule has 0 fully saturated rings. The Kier molecular flexibility index (Phi) is 14.7. The molecule has 0 radical (unpaired) electrons. The van der Waals surface area contributed by atoms with Crippen LogP contribution < -0.4 is 24.8 Å². The summed E-state index contributed by atoms with van der Waals surface area (Å²) in [4.78, 5) is 0. The van der Waals surface area contributed by atoms with Crippen molar-refractivity contribution in [3.05, 3.63) is 184 Å². The van der Waals surface area contributed by atoms with Gasteiger partial charge in [-0.1, -0.05) is 126 Å². The third kappa shape index (κ3) is 10.4. The summed E-state index contributed by atoms with van der Waals surface area (Å²) in [5.74, 6) is 0. The van der Waals surface area contributed by atoms with Crippen molar-refractivity contribution in [3.63, 3.8) is 0 Å². The molecule has 0 bridgehead atoms. The summed E-state index contributed by atoms with van der Waals surface area (Å²) in [6, 6.07) is 51.2. The van der Waals surface area contributed by atoms with E-state index in [0.717, 1.165) is 6.42 Å². The number of halogens is 2. The molecule has 6 aromatic carbocycles. The monoisotopic (exact) mass is 772 g/mol. The third-order valence-corrected chi connectivity index (χ3v) is 10.4. The minimum absolute atomic E-state index is 0. The molecule has 50 heavy (non-hydrogen) atoms. The van der Waals surface area contributed by atoms with E-state index in [1.165, 1.54) is 94.2 Å². The van der Waals surface area contributed by atoms with Gasteiger partial charge < -0.3 is 24.8 Å². The van der Waals surface area contributed by atoms with Crippen molar-refractivity contribution in [2.75, 3.05) is 0 Å². The van der Waals surface area contributed by atoms with E-state index in [4.69, 9.17) is 0 Å². The summed E-state index contributed by atoms with van der Waals surface area (Å²) < 4.78 is 1.42. The molecule has 1 aliphatic rings. The van der Waals surface area contributed by atoms with Gasteiger partial charge in [-0.3, -0.25) is 0 Å². The number of hydrogen-bond donors (Lipinski definition) is 0. The maximum atomic E-state index is 3.53. The summed E-state index contributed by atoms with van der Waals surface area (Å²) in [5, 5.41) is 0. The van der Waals surface area contributed by atoms with Crippen LogP contribution in [0.2, 0.25) is 0 Å². The molecule has 0 saturated heterocycles. The predicted octanol–water partition coefficient (Wildman–Crippen LogP) is 6.15. The van der Waals surface area contributed by atoms with Gasteiger partial charge in [0, 0.05) is 0 Å². The Hall–Kier alpha value is -3.22. The fraction of sp³-hybridized carbons (Fsp3) is 0.234. The van der Waals surface area contributed by atoms with Gasteiger partial charge >= 0.3 is 99.2 Å². The first kappa shape index (κ1) is 41.2. The van der Waals surface area contributed by atoms with Crippen LogP contribution in [0.4, 0.5) is 0 Å². The van der Waals surface area contributed by atoms with E-state index in [-0.39, 0.29) is 35.6 Å². The summed E-state index contributed by atoms with van der Waals surface area (Å²) >= 11 is 1.46. The SMILES string of the molecule is CC(C)(C)c1c[c-]c2c(c1)-c1cc(C(C)(C)C)ccc1C2.Cc1cc(-c2ccccc2)c(C)[cH-]1.[Cl-].[Cl-].[Zr+2]=[C](c1ccccc1)c1ccccc1. The molecular weight excluding hydrogens is 727 g/mol. The first-order valence-corrected chi connectivity index (χ1v) is 18.2. The Morgan fingerprint density at radius 1 is 0.600 bits per heavy atom. The van der Waals surface area contributed by atoms with E-state index in [9.17, 15) is 0 Å². The number of rotatable bonds is 3. The predicted molar refractivity (Wildman–Crippen MR) is 204 cm³/mol. The van der Waals surface area contributed by atoms with Gasteiger partial charge in [0.2, 0.25) is 0 Å². The first-order valence-electron chi connectivity index (χ1n) is 17.0. The van der Waals surface area contributed by atoms with Gasteiger partial charge in [-0.15, -0.1) is 5.56 Å².